The van der Waals surface area contributed by atoms with Gasteiger partial charge in [0, 0.05) is 18.6 Å². The van der Waals surface area contributed by atoms with E-state index in [2.05, 4.69) is 24.5 Å². The van der Waals surface area contributed by atoms with E-state index in [1.54, 1.807) is 0 Å². The fourth-order valence-corrected chi connectivity index (χ4v) is 2.60. The van der Waals surface area contributed by atoms with Crippen LogP contribution in [0, 0.1) is 5.92 Å². The number of rotatable bonds is 9. The third-order valence-electron chi connectivity index (χ3n) is 3.88. The Morgan fingerprint density at radius 2 is 1.95 bits per heavy atom. The summed E-state index contributed by atoms with van der Waals surface area (Å²) in [7, 11) is 0. The van der Waals surface area contributed by atoms with E-state index in [4.69, 9.17) is 4.74 Å². The van der Waals surface area contributed by atoms with E-state index >= 15 is 0 Å². The highest BCUT2D eigenvalue weighted by Crippen LogP contribution is 2.34. The second kappa shape index (κ2) is 8.62. The first-order chi connectivity index (χ1) is 9.85. The average Bonchev–Trinajstić information content (AvgIpc) is 3.20. The zero-order valence-corrected chi connectivity index (χ0v) is 14.5. The van der Waals surface area contributed by atoms with E-state index in [1.807, 2.05) is 20.8 Å². The van der Waals surface area contributed by atoms with Crippen molar-refractivity contribution in [2.75, 3.05) is 6.54 Å². The smallest absolute Gasteiger partial charge is 0.407 e. The molecule has 2 unspecified atom stereocenters. The molecule has 124 valence electrons. The molecule has 0 spiro atoms. The normalized spacial score (nSPS) is 18.1. The molecular weight excluding hydrogens is 264 g/mol. The van der Waals surface area contributed by atoms with Crippen LogP contribution in [0.4, 0.5) is 4.79 Å². The summed E-state index contributed by atoms with van der Waals surface area (Å²) in [6, 6.07) is 0.954. The number of hydrogen-bond donors (Lipinski definition) is 2. The SMILES string of the molecule is CCCCC(CNC(=O)OC(C)(C)C)NC(CC)C1CC1. The highest BCUT2D eigenvalue weighted by molar-refractivity contribution is 5.67. The van der Waals surface area contributed by atoms with Crippen molar-refractivity contribution in [1.29, 1.82) is 0 Å². The molecule has 0 heterocycles. The number of carbonyl (C=O) groups is 1. The summed E-state index contributed by atoms with van der Waals surface area (Å²) in [5.41, 5.74) is -0.434. The van der Waals surface area contributed by atoms with Gasteiger partial charge in [0.1, 0.15) is 5.60 Å². The zero-order chi connectivity index (χ0) is 15.9. The molecule has 0 aliphatic heterocycles. The third kappa shape index (κ3) is 8.30. The van der Waals surface area contributed by atoms with Crippen LogP contribution in [0.25, 0.3) is 0 Å². The molecule has 1 saturated carbocycles. The number of hydrogen-bond acceptors (Lipinski definition) is 3. The van der Waals surface area contributed by atoms with Gasteiger partial charge in [-0.2, -0.15) is 0 Å². The van der Waals surface area contributed by atoms with Gasteiger partial charge >= 0.3 is 6.09 Å². The zero-order valence-electron chi connectivity index (χ0n) is 14.5. The van der Waals surface area contributed by atoms with Crippen LogP contribution in [0.1, 0.15) is 73.1 Å². The van der Waals surface area contributed by atoms with E-state index in [1.165, 1.54) is 32.1 Å². The minimum atomic E-state index is -0.434. The summed E-state index contributed by atoms with van der Waals surface area (Å²) >= 11 is 0. The highest BCUT2D eigenvalue weighted by atomic mass is 16.6. The standard InChI is InChI=1S/C17H34N2O2/c1-6-8-9-14(19-15(7-2)13-10-11-13)12-18-16(20)21-17(3,4)5/h13-15,19H,6-12H2,1-5H3,(H,18,20). The van der Waals surface area contributed by atoms with E-state index in [0.29, 0.717) is 18.6 Å². The molecule has 4 nitrogen and oxygen atoms in total. The van der Waals surface area contributed by atoms with Crippen LogP contribution in [-0.2, 0) is 4.74 Å². The first kappa shape index (κ1) is 18.3. The van der Waals surface area contributed by atoms with Gasteiger partial charge in [-0.1, -0.05) is 26.7 Å². The van der Waals surface area contributed by atoms with Crippen LogP contribution >= 0.6 is 0 Å². The van der Waals surface area contributed by atoms with Crippen LogP contribution < -0.4 is 10.6 Å². The molecule has 2 N–H and O–H groups in total. The van der Waals surface area contributed by atoms with Crippen molar-refractivity contribution in [2.24, 2.45) is 5.92 Å². The first-order valence-corrected chi connectivity index (χ1v) is 8.58. The van der Waals surface area contributed by atoms with Gasteiger partial charge in [-0.25, -0.2) is 4.79 Å². The molecule has 4 heteroatoms. The van der Waals surface area contributed by atoms with Gasteiger partial charge in [-0.05, 0) is 52.4 Å². The first-order valence-electron chi connectivity index (χ1n) is 8.58. The van der Waals surface area contributed by atoms with Crippen LogP contribution in [0.2, 0.25) is 0 Å². The van der Waals surface area contributed by atoms with Gasteiger partial charge in [0.15, 0.2) is 0 Å². The Hall–Kier alpha value is -0.770. The molecule has 0 saturated heterocycles. The molecule has 1 fully saturated rings. The average molecular weight is 298 g/mol. The topological polar surface area (TPSA) is 50.4 Å². The maximum absolute atomic E-state index is 11.8. The summed E-state index contributed by atoms with van der Waals surface area (Å²) < 4.78 is 5.31. The quantitative estimate of drug-likeness (QED) is 0.680. The van der Waals surface area contributed by atoms with Crippen LogP contribution in [0.15, 0.2) is 0 Å². The van der Waals surface area contributed by atoms with E-state index < -0.39 is 5.60 Å². The van der Waals surface area contributed by atoms with Gasteiger partial charge in [0.2, 0.25) is 0 Å². The number of alkyl carbamates (subject to hydrolysis) is 1. The van der Waals surface area contributed by atoms with Crippen LogP contribution in [0.3, 0.4) is 0 Å². The summed E-state index contributed by atoms with van der Waals surface area (Å²) in [6.45, 7) is 10.8. The Morgan fingerprint density at radius 1 is 1.29 bits per heavy atom. The predicted octanol–water partition coefficient (Wildman–Crippen LogP) is 3.85. The second-order valence-corrected chi connectivity index (χ2v) is 7.24. The molecule has 1 aliphatic carbocycles. The molecule has 0 bridgehead atoms. The molecule has 2 atom stereocenters. The Kier molecular flexibility index (Phi) is 7.50. The summed E-state index contributed by atoms with van der Waals surface area (Å²) in [6.07, 6.45) is 7.04. The Balaban J connectivity index is 2.39. The van der Waals surface area contributed by atoms with Crippen LogP contribution in [-0.4, -0.2) is 30.3 Å². The molecule has 1 rings (SSSR count). The summed E-state index contributed by atoms with van der Waals surface area (Å²) in [4.78, 5) is 11.8. The van der Waals surface area contributed by atoms with Gasteiger partial charge in [0.05, 0.1) is 0 Å². The number of nitrogens with one attached hydrogen (secondary N) is 2. The lowest BCUT2D eigenvalue weighted by molar-refractivity contribution is 0.0520. The third-order valence-corrected chi connectivity index (χ3v) is 3.88. The number of unbranched alkanes of at least 4 members (excludes halogenated alkanes) is 1. The number of carbonyl (C=O) groups excluding carboxylic acids is 1. The highest BCUT2D eigenvalue weighted by Gasteiger charge is 2.31. The van der Waals surface area contributed by atoms with Gasteiger partial charge < -0.3 is 15.4 Å². The molecular formula is C17H34N2O2. The van der Waals surface area contributed by atoms with Crippen molar-refractivity contribution in [3.05, 3.63) is 0 Å². The Bertz CT molecular complexity index is 308. The molecule has 0 aromatic rings. The molecule has 1 aliphatic rings. The summed E-state index contributed by atoms with van der Waals surface area (Å²) in [5.74, 6) is 0.848. The minimum Gasteiger partial charge on any atom is -0.444 e. The second-order valence-electron chi connectivity index (χ2n) is 7.24. The summed E-state index contributed by atoms with van der Waals surface area (Å²) in [5, 5.41) is 6.66. The van der Waals surface area contributed by atoms with Gasteiger partial charge in [0.25, 0.3) is 0 Å². The van der Waals surface area contributed by atoms with Crippen molar-refractivity contribution in [1.82, 2.24) is 10.6 Å². The molecule has 0 aromatic heterocycles. The Morgan fingerprint density at radius 3 is 2.43 bits per heavy atom. The van der Waals surface area contributed by atoms with Gasteiger partial charge in [-0.3, -0.25) is 0 Å². The van der Waals surface area contributed by atoms with Crippen molar-refractivity contribution in [2.45, 2.75) is 90.8 Å². The maximum atomic E-state index is 11.8. The Labute approximate surface area is 130 Å². The predicted molar refractivity (Wildman–Crippen MR) is 87.5 cm³/mol. The molecule has 21 heavy (non-hydrogen) atoms. The molecule has 0 aromatic carbocycles. The van der Waals surface area contributed by atoms with Crippen molar-refractivity contribution in [3.63, 3.8) is 0 Å². The van der Waals surface area contributed by atoms with Crippen LogP contribution in [0.5, 0.6) is 0 Å². The van der Waals surface area contributed by atoms with E-state index in [-0.39, 0.29) is 6.09 Å². The fourth-order valence-electron chi connectivity index (χ4n) is 2.60. The maximum Gasteiger partial charge on any atom is 0.407 e. The lowest BCUT2D eigenvalue weighted by Crippen LogP contribution is -2.47. The largest absolute Gasteiger partial charge is 0.444 e. The van der Waals surface area contributed by atoms with Crippen molar-refractivity contribution >= 4 is 6.09 Å². The van der Waals surface area contributed by atoms with E-state index in [0.717, 1.165) is 12.3 Å². The molecule has 0 radical (unpaired) electrons. The number of ether oxygens (including phenoxy) is 1. The fraction of sp³-hybridized carbons (Fsp3) is 0.941. The monoisotopic (exact) mass is 298 g/mol. The van der Waals surface area contributed by atoms with E-state index in [9.17, 15) is 4.79 Å². The molecule has 1 amide bonds. The lowest BCUT2D eigenvalue weighted by Gasteiger charge is -2.26. The van der Waals surface area contributed by atoms with Crippen molar-refractivity contribution in [3.8, 4) is 0 Å². The lowest BCUT2D eigenvalue weighted by atomic mass is 10.0. The van der Waals surface area contributed by atoms with Crippen molar-refractivity contribution < 1.29 is 9.53 Å². The number of amides is 1. The minimum absolute atomic E-state index is 0.315. The van der Waals surface area contributed by atoms with Gasteiger partial charge in [-0.15, -0.1) is 0 Å².